The molecule has 140 valence electrons. The highest BCUT2D eigenvalue weighted by molar-refractivity contribution is 6.32. The summed E-state index contributed by atoms with van der Waals surface area (Å²) in [6, 6.07) is 10.3. The van der Waals surface area contributed by atoms with Crippen molar-refractivity contribution in [2.75, 3.05) is 32.8 Å². The van der Waals surface area contributed by atoms with Crippen LogP contribution in [0.15, 0.2) is 36.4 Å². The molecule has 7 heteroatoms. The summed E-state index contributed by atoms with van der Waals surface area (Å²) in [7, 11) is 2.99. The van der Waals surface area contributed by atoms with Crippen LogP contribution in [0.25, 0.3) is 0 Å². The van der Waals surface area contributed by atoms with Crippen LogP contribution in [0.4, 0.5) is 5.69 Å². The molecule has 0 radical (unpaired) electrons. The maximum Gasteiger partial charge on any atom is 0.262 e. The molecule has 2 rings (SSSR count). The number of hydrogen-bond acceptors (Lipinski definition) is 5. The standard InChI is InChI=1S/C19H22ClNO5/c1-4-9-25-13-5-7-14(8-6-13)26-12-19(22)21-16-11-17(23-2)15(20)10-18(16)24-3/h5-8,10-11H,4,9,12H2,1-3H3,(H,21,22). The molecule has 26 heavy (non-hydrogen) atoms. The molecule has 0 aliphatic carbocycles. The van der Waals surface area contributed by atoms with Crippen molar-refractivity contribution in [3.63, 3.8) is 0 Å². The third kappa shape index (κ3) is 5.46. The average Bonchev–Trinajstić information content (AvgIpc) is 2.66. The lowest BCUT2D eigenvalue weighted by atomic mass is 10.2. The van der Waals surface area contributed by atoms with Gasteiger partial charge in [0, 0.05) is 12.1 Å². The summed E-state index contributed by atoms with van der Waals surface area (Å²) >= 11 is 6.05. The molecule has 2 aromatic rings. The van der Waals surface area contributed by atoms with Gasteiger partial charge in [0.1, 0.15) is 23.0 Å². The number of ether oxygens (including phenoxy) is 4. The Morgan fingerprint density at radius 3 is 2.19 bits per heavy atom. The highest BCUT2D eigenvalue weighted by Crippen LogP contribution is 2.35. The first kappa shape index (κ1) is 19.7. The molecular formula is C19H22ClNO5. The number of benzene rings is 2. The Labute approximate surface area is 158 Å². The monoisotopic (exact) mass is 379 g/mol. The van der Waals surface area contributed by atoms with E-state index in [9.17, 15) is 4.79 Å². The van der Waals surface area contributed by atoms with Crippen LogP contribution < -0.4 is 24.3 Å². The summed E-state index contributed by atoms with van der Waals surface area (Å²) in [6.45, 7) is 2.56. The van der Waals surface area contributed by atoms with Gasteiger partial charge in [0.15, 0.2) is 6.61 Å². The van der Waals surface area contributed by atoms with Gasteiger partial charge in [-0.05, 0) is 30.7 Å². The molecular weight excluding hydrogens is 358 g/mol. The van der Waals surface area contributed by atoms with E-state index in [2.05, 4.69) is 5.32 Å². The predicted molar refractivity (Wildman–Crippen MR) is 101 cm³/mol. The Bertz CT molecular complexity index is 733. The number of hydrogen-bond donors (Lipinski definition) is 1. The highest BCUT2D eigenvalue weighted by Gasteiger charge is 2.13. The number of methoxy groups -OCH3 is 2. The van der Waals surface area contributed by atoms with Gasteiger partial charge in [-0.3, -0.25) is 4.79 Å². The molecule has 0 saturated carbocycles. The lowest BCUT2D eigenvalue weighted by Gasteiger charge is -2.13. The zero-order chi connectivity index (χ0) is 18.9. The van der Waals surface area contributed by atoms with Crippen LogP contribution in [0.3, 0.4) is 0 Å². The second kappa shape index (κ2) is 9.77. The molecule has 0 bridgehead atoms. The van der Waals surface area contributed by atoms with E-state index >= 15 is 0 Å². The lowest BCUT2D eigenvalue weighted by molar-refractivity contribution is -0.118. The van der Waals surface area contributed by atoms with E-state index < -0.39 is 0 Å². The molecule has 6 nitrogen and oxygen atoms in total. The van der Waals surface area contributed by atoms with E-state index in [1.54, 1.807) is 36.4 Å². The highest BCUT2D eigenvalue weighted by atomic mass is 35.5. The van der Waals surface area contributed by atoms with Gasteiger partial charge in [0.25, 0.3) is 5.91 Å². The van der Waals surface area contributed by atoms with Crippen molar-refractivity contribution in [1.29, 1.82) is 0 Å². The number of carbonyl (C=O) groups excluding carboxylic acids is 1. The van der Waals surface area contributed by atoms with Crippen LogP contribution in [0, 0.1) is 0 Å². The van der Waals surface area contributed by atoms with Gasteiger partial charge in [-0.25, -0.2) is 0 Å². The third-order valence-corrected chi connectivity index (χ3v) is 3.71. The summed E-state index contributed by atoms with van der Waals surface area (Å²) in [5.74, 6) is 1.87. The van der Waals surface area contributed by atoms with Crippen molar-refractivity contribution < 1.29 is 23.7 Å². The molecule has 0 aliphatic heterocycles. The van der Waals surface area contributed by atoms with Gasteiger partial charge in [-0.15, -0.1) is 0 Å². The summed E-state index contributed by atoms with van der Waals surface area (Å²) in [5.41, 5.74) is 0.450. The van der Waals surface area contributed by atoms with Crippen molar-refractivity contribution >= 4 is 23.2 Å². The fraction of sp³-hybridized carbons (Fsp3) is 0.316. The number of rotatable bonds is 9. The molecule has 1 N–H and O–H groups in total. The van der Waals surface area contributed by atoms with E-state index in [0.717, 1.165) is 12.2 Å². The maximum atomic E-state index is 12.2. The number of amides is 1. The van der Waals surface area contributed by atoms with Gasteiger partial charge in [0.2, 0.25) is 0 Å². The first-order valence-corrected chi connectivity index (χ1v) is 8.52. The normalized spacial score (nSPS) is 10.2. The topological polar surface area (TPSA) is 66.0 Å². The lowest BCUT2D eigenvalue weighted by Crippen LogP contribution is -2.20. The predicted octanol–water partition coefficient (Wildman–Crippen LogP) is 4.16. The molecule has 0 aliphatic rings. The molecule has 2 aromatic carbocycles. The Morgan fingerprint density at radius 2 is 1.62 bits per heavy atom. The van der Waals surface area contributed by atoms with Crippen LogP contribution in [-0.4, -0.2) is 33.3 Å². The first-order chi connectivity index (χ1) is 12.6. The fourth-order valence-electron chi connectivity index (χ4n) is 2.15. The largest absolute Gasteiger partial charge is 0.495 e. The van der Waals surface area contributed by atoms with E-state index in [1.807, 2.05) is 6.92 Å². The van der Waals surface area contributed by atoms with Gasteiger partial charge in [0.05, 0.1) is 31.5 Å². The van der Waals surface area contributed by atoms with Crippen molar-refractivity contribution in [3.05, 3.63) is 41.4 Å². The minimum atomic E-state index is -0.334. The summed E-state index contributed by atoms with van der Waals surface area (Å²) < 4.78 is 21.4. The van der Waals surface area contributed by atoms with Crippen molar-refractivity contribution in [2.45, 2.75) is 13.3 Å². The second-order valence-electron chi connectivity index (χ2n) is 5.34. The zero-order valence-electron chi connectivity index (χ0n) is 15.0. The minimum Gasteiger partial charge on any atom is -0.495 e. The quantitative estimate of drug-likeness (QED) is 0.708. The Balaban J connectivity index is 1.94. The van der Waals surface area contributed by atoms with E-state index in [0.29, 0.717) is 34.6 Å². The molecule has 0 heterocycles. The van der Waals surface area contributed by atoms with Crippen LogP contribution in [0.2, 0.25) is 5.02 Å². The molecule has 0 fully saturated rings. The zero-order valence-corrected chi connectivity index (χ0v) is 15.8. The Morgan fingerprint density at radius 1 is 1.00 bits per heavy atom. The second-order valence-corrected chi connectivity index (χ2v) is 5.75. The van der Waals surface area contributed by atoms with Gasteiger partial charge in [-0.2, -0.15) is 0 Å². The Hall–Kier alpha value is -2.60. The summed E-state index contributed by atoms with van der Waals surface area (Å²) in [4.78, 5) is 12.2. The van der Waals surface area contributed by atoms with Crippen LogP contribution in [-0.2, 0) is 4.79 Å². The van der Waals surface area contributed by atoms with Gasteiger partial charge < -0.3 is 24.3 Å². The maximum absolute atomic E-state index is 12.2. The first-order valence-electron chi connectivity index (χ1n) is 8.14. The Kier molecular flexibility index (Phi) is 7.41. The van der Waals surface area contributed by atoms with E-state index in [-0.39, 0.29) is 12.5 Å². The molecule has 0 atom stereocenters. The summed E-state index contributed by atoms with van der Waals surface area (Å²) in [5, 5.41) is 3.11. The number of halogens is 1. The number of anilines is 1. The van der Waals surface area contributed by atoms with Gasteiger partial charge in [-0.1, -0.05) is 18.5 Å². The third-order valence-electron chi connectivity index (χ3n) is 3.41. The van der Waals surface area contributed by atoms with Crippen molar-refractivity contribution in [3.8, 4) is 23.0 Å². The van der Waals surface area contributed by atoms with Crippen molar-refractivity contribution in [2.24, 2.45) is 0 Å². The van der Waals surface area contributed by atoms with Gasteiger partial charge >= 0.3 is 0 Å². The average molecular weight is 380 g/mol. The van der Waals surface area contributed by atoms with Crippen LogP contribution in [0.1, 0.15) is 13.3 Å². The van der Waals surface area contributed by atoms with E-state index in [1.165, 1.54) is 14.2 Å². The summed E-state index contributed by atoms with van der Waals surface area (Å²) in [6.07, 6.45) is 0.942. The molecule has 1 amide bonds. The molecule has 0 spiro atoms. The smallest absolute Gasteiger partial charge is 0.262 e. The SMILES string of the molecule is CCCOc1ccc(OCC(=O)Nc2cc(OC)c(Cl)cc2OC)cc1. The molecule has 0 unspecified atom stereocenters. The number of carbonyl (C=O) groups is 1. The van der Waals surface area contributed by atoms with E-state index in [4.69, 9.17) is 30.5 Å². The fourth-order valence-corrected chi connectivity index (χ4v) is 2.38. The molecule has 0 aromatic heterocycles. The van der Waals surface area contributed by atoms with Crippen molar-refractivity contribution in [1.82, 2.24) is 0 Å². The van der Waals surface area contributed by atoms with Crippen LogP contribution >= 0.6 is 11.6 Å². The van der Waals surface area contributed by atoms with Crippen LogP contribution in [0.5, 0.6) is 23.0 Å². The minimum absolute atomic E-state index is 0.150. The number of nitrogens with one attached hydrogen (secondary N) is 1. The molecule has 0 saturated heterocycles.